The van der Waals surface area contributed by atoms with Crippen LogP contribution in [0, 0.1) is 0 Å². The zero-order valence-corrected chi connectivity index (χ0v) is 13.6. The number of aromatic nitrogens is 2. The molecule has 0 fully saturated rings. The van der Waals surface area contributed by atoms with Crippen molar-refractivity contribution in [1.29, 1.82) is 0 Å². The van der Waals surface area contributed by atoms with E-state index in [1.807, 2.05) is 0 Å². The van der Waals surface area contributed by atoms with Crippen molar-refractivity contribution in [3.05, 3.63) is 47.8 Å². The highest BCUT2D eigenvalue weighted by Gasteiger charge is 2.32. The first-order valence-electron chi connectivity index (χ1n) is 6.96. The van der Waals surface area contributed by atoms with Gasteiger partial charge in [0.05, 0.1) is 13.7 Å². The fourth-order valence-corrected chi connectivity index (χ4v) is 2.33. The second-order valence-corrected chi connectivity index (χ2v) is 5.63. The molecular weight excluding hydrogens is 345 g/mol. The predicted molar refractivity (Wildman–Crippen MR) is 82.4 cm³/mol. The third kappa shape index (κ3) is 5.80. The molecule has 0 aliphatic heterocycles. The van der Waals surface area contributed by atoms with Gasteiger partial charge in [-0.25, -0.2) is 0 Å². The van der Waals surface area contributed by atoms with Crippen molar-refractivity contribution in [2.45, 2.75) is 24.9 Å². The molecule has 0 aliphatic rings. The number of aryl methyl sites for hydroxylation is 1. The van der Waals surface area contributed by atoms with Gasteiger partial charge >= 0.3 is 11.5 Å². The summed E-state index contributed by atoms with van der Waals surface area (Å²) in [6.07, 6.45) is 3.64. The Kier molecular flexibility index (Phi) is 6.13. The largest absolute Gasteiger partial charge is 0.479 e. The van der Waals surface area contributed by atoms with E-state index in [-0.39, 0.29) is 18.6 Å². The number of esters is 1. The number of carbonyl (C=O) groups excluding carboxylic acids is 1. The van der Waals surface area contributed by atoms with Gasteiger partial charge in [-0.15, -0.1) is 0 Å². The number of ether oxygens (including phenoxy) is 1. The summed E-state index contributed by atoms with van der Waals surface area (Å²) >= 11 is -0.581. The number of benzene rings is 1. The van der Waals surface area contributed by atoms with E-state index in [0.29, 0.717) is 12.1 Å². The minimum absolute atomic E-state index is 0.0576. The first-order valence-corrected chi connectivity index (χ1v) is 7.70. The second-order valence-electron chi connectivity index (χ2n) is 4.83. The standard InChI is InChI=1S/C15H15F3N2O3S/c1-22-14(21)6-5-12-4-3-11(10-20-8-2-7-19-20)9-13(12)23-24-15(16,17)18/h2-4,7-9H,5-6,10H2,1H3. The Balaban J connectivity index is 2.16. The monoisotopic (exact) mass is 360 g/mol. The highest BCUT2D eigenvalue weighted by atomic mass is 32.2. The number of hydrogen-bond acceptors (Lipinski definition) is 5. The van der Waals surface area contributed by atoms with E-state index in [1.54, 1.807) is 35.3 Å². The van der Waals surface area contributed by atoms with Crippen LogP contribution in [0.3, 0.4) is 0 Å². The molecular formula is C15H15F3N2O3S. The van der Waals surface area contributed by atoms with Gasteiger partial charge in [0.2, 0.25) is 0 Å². The summed E-state index contributed by atoms with van der Waals surface area (Å²) in [6, 6.07) is 6.68. The van der Waals surface area contributed by atoms with Gasteiger partial charge in [-0.3, -0.25) is 9.48 Å². The lowest BCUT2D eigenvalue weighted by atomic mass is 10.1. The SMILES string of the molecule is COC(=O)CCc1ccc(Cn2cccn2)cc1OSC(F)(F)F. The van der Waals surface area contributed by atoms with E-state index in [0.717, 1.165) is 5.56 Å². The molecule has 0 aliphatic carbocycles. The van der Waals surface area contributed by atoms with Crippen molar-refractivity contribution in [3.8, 4) is 5.75 Å². The van der Waals surface area contributed by atoms with Crippen LogP contribution in [0.4, 0.5) is 13.2 Å². The molecule has 0 saturated heterocycles. The Morgan fingerprint density at radius 1 is 1.38 bits per heavy atom. The van der Waals surface area contributed by atoms with Gasteiger partial charge in [0.1, 0.15) is 5.75 Å². The summed E-state index contributed by atoms with van der Waals surface area (Å²) in [5.74, 6) is -0.365. The van der Waals surface area contributed by atoms with Crippen molar-refractivity contribution >= 4 is 18.0 Å². The van der Waals surface area contributed by atoms with Crippen molar-refractivity contribution < 1.29 is 26.9 Å². The highest BCUT2D eigenvalue weighted by Crippen LogP contribution is 2.34. The van der Waals surface area contributed by atoms with Crippen molar-refractivity contribution in [1.82, 2.24) is 9.78 Å². The van der Waals surface area contributed by atoms with Gasteiger partial charge in [-0.1, -0.05) is 12.1 Å². The summed E-state index contributed by atoms with van der Waals surface area (Å²) in [6.45, 7) is 0.400. The van der Waals surface area contributed by atoms with Crippen LogP contribution in [-0.2, 0) is 22.5 Å². The van der Waals surface area contributed by atoms with Gasteiger partial charge in [0, 0.05) is 18.8 Å². The first-order chi connectivity index (χ1) is 11.4. The average Bonchev–Trinajstić information content (AvgIpc) is 3.03. The van der Waals surface area contributed by atoms with Gasteiger partial charge < -0.3 is 8.92 Å². The Morgan fingerprint density at radius 3 is 2.79 bits per heavy atom. The van der Waals surface area contributed by atoms with Crippen LogP contribution in [0.1, 0.15) is 17.5 Å². The van der Waals surface area contributed by atoms with Crippen LogP contribution in [0.2, 0.25) is 0 Å². The molecule has 1 heterocycles. The zero-order chi connectivity index (χ0) is 17.6. The Hall–Kier alpha value is -2.16. The summed E-state index contributed by atoms with van der Waals surface area (Å²) in [5.41, 5.74) is -3.28. The molecule has 0 unspecified atom stereocenters. The number of rotatable bonds is 7. The molecule has 0 amide bonds. The summed E-state index contributed by atoms with van der Waals surface area (Å²) < 4.78 is 48.2. The lowest BCUT2D eigenvalue weighted by Gasteiger charge is -2.13. The lowest BCUT2D eigenvalue weighted by molar-refractivity contribution is -0.140. The third-order valence-corrected chi connectivity index (χ3v) is 3.54. The Morgan fingerprint density at radius 2 is 2.17 bits per heavy atom. The molecule has 1 aromatic heterocycles. The molecule has 1 aromatic carbocycles. The second kappa shape index (κ2) is 8.09. The zero-order valence-electron chi connectivity index (χ0n) is 12.7. The van der Waals surface area contributed by atoms with Gasteiger partial charge in [0.25, 0.3) is 0 Å². The molecule has 2 aromatic rings. The van der Waals surface area contributed by atoms with Crippen LogP contribution in [0.15, 0.2) is 36.7 Å². The van der Waals surface area contributed by atoms with Crippen LogP contribution in [0.25, 0.3) is 0 Å². The summed E-state index contributed by atoms with van der Waals surface area (Å²) in [7, 11) is 1.26. The molecule has 9 heteroatoms. The van der Waals surface area contributed by atoms with E-state index < -0.39 is 23.5 Å². The summed E-state index contributed by atoms with van der Waals surface area (Å²) in [5, 5.41) is 4.05. The topological polar surface area (TPSA) is 53.4 Å². The quantitative estimate of drug-likeness (QED) is 0.558. The van der Waals surface area contributed by atoms with E-state index in [2.05, 4.69) is 9.84 Å². The predicted octanol–water partition coefficient (Wildman–Crippen LogP) is 3.58. The number of alkyl halides is 3. The number of halogens is 3. The Labute approximate surface area is 141 Å². The Bertz CT molecular complexity index is 675. The molecule has 0 radical (unpaired) electrons. The fraction of sp³-hybridized carbons (Fsp3) is 0.333. The molecule has 0 atom stereocenters. The van der Waals surface area contributed by atoms with Crippen LogP contribution < -0.4 is 4.18 Å². The molecule has 0 saturated carbocycles. The van der Waals surface area contributed by atoms with E-state index >= 15 is 0 Å². The molecule has 24 heavy (non-hydrogen) atoms. The fourth-order valence-electron chi connectivity index (χ4n) is 1.99. The maximum atomic E-state index is 12.4. The number of carbonyl (C=O) groups is 1. The normalized spacial score (nSPS) is 11.3. The van der Waals surface area contributed by atoms with Crippen molar-refractivity contribution in [2.75, 3.05) is 7.11 Å². The minimum Gasteiger partial charge on any atom is -0.469 e. The van der Waals surface area contributed by atoms with E-state index in [4.69, 9.17) is 4.18 Å². The van der Waals surface area contributed by atoms with E-state index in [9.17, 15) is 18.0 Å². The smallest absolute Gasteiger partial charge is 0.469 e. The maximum Gasteiger partial charge on any atom is 0.479 e. The van der Waals surface area contributed by atoms with Gasteiger partial charge in [0.15, 0.2) is 12.0 Å². The van der Waals surface area contributed by atoms with Gasteiger partial charge in [-0.05, 0) is 29.7 Å². The van der Waals surface area contributed by atoms with E-state index in [1.165, 1.54) is 13.2 Å². The van der Waals surface area contributed by atoms with Gasteiger partial charge in [-0.2, -0.15) is 18.3 Å². The molecule has 130 valence electrons. The van der Waals surface area contributed by atoms with Crippen molar-refractivity contribution in [3.63, 3.8) is 0 Å². The third-order valence-electron chi connectivity index (χ3n) is 3.09. The molecule has 0 spiro atoms. The minimum atomic E-state index is -4.52. The van der Waals surface area contributed by atoms with Crippen LogP contribution in [-0.4, -0.2) is 28.4 Å². The van der Waals surface area contributed by atoms with Crippen molar-refractivity contribution in [2.24, 2.45) is 0 Å². The molecule has 2 rings (SSSR count). The number of hydrogen-bond donors (Lipinski definition) is 0. The van der Waals surface area contributed by atoms with Crippen LogP contribution in [0.5, 0.6) is 5.75 Å². The number of nitrogens with zero attached hydrogens (tertiary/aromatic N) is 2. The highest BCUT2D eigenvalue weighted by molar-refractivity contribution is 7.95. The number of methoxy groups -OCH3 is 1. The maximum absolute atomic E-state index is 12.4. The molecule has 0 N–H and O–H groups in total. The molecule has 5 nitrogen and oxygen atoms in total. The first kappa shape index (κ1) is 18.2. The lowest BCUT2D eigenvalue weighted by Crippen LogP contribution is -2.07. The average molecular weight is 360 g/mol. The molecule has 0 bridgehead atoms. The summed E-state index contributed by atoms with van der Waals surface area (Å²) in [4.78, 5) is 11.2. The van der Waals surface area contributed by atoms with Crippen LogP contribution >= 0.6 is 12.0 Å².